The van der Waals surface area contributed by atoms with Crippen molar-refractivity contribution in [3.05, 3.63) is 0 Å². The lowest BCUT2D eigenvalue weighted by Crippen LogP contribution is -2.32. The fraction of sp³-hybridized carbons (Fsp3) is 1.00. The fourth-order valence-electron chi connectivity index (χ4n) is 2.30. The Morgan fingerprint density at radius 3 is 1.28 bits per heavy atom. The summed E-state index contributed by atoms with van der Waals surface area (Å²) in [6.07, 6.45) is 16.3. The highest BCUT2D eigenvalue weighted by Gasteiger charge is 1.98. The normalized spacial score (nSPS) is 11.3. The largest absolute Gasteiger partial charge is 0.269 e. The Bertz CT molecular complexity index is 132. The van der Waals surface area contributed by atoms with Gasteiger partial charge in [0, 0.05) is 13.1 Å². The molecule has 0 aliphatic heterocycles. The molecule has 0 unspecified atom stereocenters. The van der Waals surface area contributed by atoms with Crippen LogP contribution in [0.3, 0.4) is 0 Å². The standard InChI is InChI=1S/C16H36N2/c1-3-5-7-9-11-13-15-18(17)16-14-12-10-8-6-4-2/h3-17H2,1-2H3. The molecule has 0 fully saturated rings. The van der Waals surface area contributed by atoms with E-state index in [1.54, 1.807) is 0 Å². The van der Waals surface area contributed by atoms with Crippen LogP contribution in [-0.2, 0) is 0 Å². The van der Waals surface area contributed by atoms with Gasteiger partial charge in [0.2, 0.25) is 0 Å². The summed E-state index contributed by atoms with van der Waals surface area (Å²) in [6, 6.07) is 0. The summed E-state index contributed by atoms with van der Waals surface area (Å²) in [6.45, 7) is 6.70. The predicted octanol–water partition coefficient (Wildman–Crippen LogP) is 4.88. The van der Waals surface area contributed by atoms with E-state index in [9.17, 15) is 0 Å². The average molecular weight is 256 g/mol. The van der Waals surface area contributed by atoms with E-state index in [-0.39, 0.29) is 0 Å². The first-order chi connectivity index (χ1) is 8.81. The number of hydrazine groups is 1. The van der Waals surface area contributed by atoms with Gasteiger partial charge in [-0.1, -0.05) is 78.1 Å². The second-order valence-electron chi connectivity index (χ2n) is 5.57. The number of nitrogens with two attached hydrogens (primary N) is 1. The van der Waals surface area contributed by atoms with Crippen LogP contribution in [0.25, 0.3) is 0 Å². The van der Waals surface area contributed by atoms with Crippen LogP contribution in [0.5, 0.6) is 0 Å². The molecule has 110 valence electrons. The molecule has 0 saturated heterocycles. The molecule has 0 aliphatic rings. The van der Waals surface area contributed by atoms with Crippen LogP contribution in [0.1, 0.15) is 90.9 Å². The van der Waals surface area contributed by atoms with E-state index in [4.69, 9.17) is 5.84 Å². The van der Waals surface area contributed by atoms with E-state index in [1.807, 2.05) is 5.01 Å². The molecular weight excluding hydrogens is 220 g/mol. The van der Waals surface area contributed by atoms with Gasteiger partial charge in [-0.05, 0) is 12.8 Å². The summed E-state index contributed by atoms with van der Waals surface area (Å²) in [5.74, 6) is 5.99. The monoisotopic (exact) mass is 256 g/mol. The smallest absolute Gasteiger partial charge is 0.0128 e. The second-order valence-corrected chi connectivity index (χ2v) is 5.57. The van der Waals surface area contributed by atoms with E-state index >= 15 is 0 Å². The summed E-state index contributed by atoms with van der Waals surface area (Å²) in [5.41, 5.74) is 0. The third-order valence-electron chi connectivity index (χ3n) is 3.60. The zero-order valence-corrected chi connectivity index (χ0v) is 12.9. The number of hydrogen-bond acceptors (Lipinski definition) is 2. The quantitative estimate of drug-likeness (QED) is 0.272. The van der Waals surface area contributed by atoms with Gasteiger partial charge in [-0.25, -0.2) is 5.01 Å². The Morgan fingerprint density at radius 2 is 0.889 bits per heavy atom. The zero-order chi connectivity index (χ0) is 13.5. The third-order valence-corrected chi connectivity index (χ3v) is 3.60. The maximum absolute atomic E-state index is 5.99. The van der Waals surface area contributed by atoms with Gasteiger partial charge >= 0.3 is 0 Å². The maximum atomic E-state index is 5.99. The lowest BCUT2D eigenvalue weighted by molar-refractivity contribution is 0.268. The number of rotatable bonds is 14. The third kappa shape index (κ3) is 14.0. The molecule has 0 amide bonds. The van der Waals surface area contributed by atoms with Crippen LogP contribution in [0.2, 0.25) is 0 Å². The van der Waals surface area contributed by atoms with Crippen molar-refractivity contribution in [3.63, 3.8) is 0 Å². The van der Waals surface area contributed by atoms with E-state index in [0.29, 0.717) is 0 Å². The molecule has 0 aliphatic carbocycles. The van der Waals surface area contributed by atoms with Crippen molar-refractivity contribution < 1.29 is 0 Å². The molecular formula is C16H36N2. The van der Waals surface area contributed by atoms with Gasteiger partial charge in [-0.15, -0.1) is 0 Å². The minimum atomic E-state index is 1.08. The van der Waals surface area contributed by atoms with E-state index < -0.39 is 0 Å². The zero-order valence-electron chi connectivity index (χ0n) is 12.9. The van der Waals surface area contributed by atoms with Crippen LogP contribution in [-0.4, -0.2) is 18.1 Å². The highest BCUT2D eigenvalue weighted by molar-refractivity contribution is 4.52. The van der Waals surface area contributed by atoms with Crippen molar-refractivity contribution in [3.8, 4) is 0 Å². The number of hydrogen-bond donors (Lipinski definition) is 1. The van der Waals surface area contributed by atoms with Crippen molar-refractivity contribution in [1.82, 2.24) is 5.01 Å². The average Bonchev–Trinajstić information content (AvgIpc) is 2.38. The van der Waals surface area contributed by atoms with Crippen LogP contribution in [0.4, 0.5) is 0 Å². The SMILES string of the molecule is CCCCCCCCN(N)CCCCCCCC. The van der Waals surface area contributed by atoms with Crippen molar-refractivity contribution in [1.29, 1.82) is 0 Å². The molecule has 0 bridgehead atoms. The molecule has 0 radical (unpaired) electrons. The Kier molecular flexibility index (Phi) is 14.9. The lowest BCUT2D eigenvalue weighted by atomic mass is 10.1. The molecule has 0 heterocycles. The Balaban J connectivity index is 3.10. The van der Waals surface area contributed by atoms with Crippen LogP contribution in [0, 0.1) is 0 Å². The molecule has 0 aromatic carbocycles. The first-order valence-electron chi connectivity index (χ1n) is 8.30. The first kappa shape index (κ1) is 17.9. The van der Waals surface area contributed by atoms with Crippen molar-refractivity contribution in [2.24, 2.45) is 5.84 Å². The second kappa shape index (κ2) is 15.0. The molecule has 2 nitrogen and oxygen atoms in total. The van der Waals surface area contributed by atoms with E-state index in [0.717, 1.165) is 13.1 Å². The Morgan fingerprint density at radius 1 is 0.556 bits per heavy atom. The van der Waals surface area contributed by atoms with Crippen molar-refractivity contribution in [2.45, 2.75) is 90.9 Å². The molecule has 18 heavy (non-hydrogen) atoms. The minimum Gasteiger partial charge on any atom is -0.269 e. The molecule has 0 aromatic heterocycles. The van der Waals surface area contributed by atoms with E-state index in [2.05, 4.69) is 13.8 Å². The minimum absolute atomic E-state index is 1.08. The van der Waals surface area contributed by atoms with Crippen LogP contribution in [0.15, 0.2) is 0 Å². The first-order valence-corrected chi connectivity index (χ1v) is 8.30. The highest BCUT2D eigenvalue weighted by Crippen LogP contribution is 2.07. The van der Waals surface area contributed by atoms with Gasteiger partial charge in [0.1, 0.15) is 0 Å². The van der Waals surface area contributed by atoms with Gasteiger partial charge in [-0.3, -0.25) is 5.84 Å². The topological polar surface area (TPSA) is 29.3 Å². The molecule has 0 rings (SSSR count). The molecule has 0 saturated carbocycles. The lowest BCUT2D eigenvalue weighted by Gasteiger charge is -2.15. The molecule has 2 N–H and O–H groups in total. The van der Waals surface area contributed by atoms with Gasteiger partial charge in [0.15, 0.2) is 0 Å². The fourth-order valence-corrected chi connectivity index (χ4v) is 2.30. The van der Waals surface area contributed by atoms with Gasteiger partial charge in [0.05, 0.1) is 0 Å². The summed E-state index contributed by atoms with van der Waals surface area (Å²) >= 11 is 0. The molecule has 0 spiro atoms. The predicted molar refractivity (Wildman–Crippen MR) is 82.5 cm³/mol. The maximum Gasteiger partial charge on any atom is 0.0128 e. The summed E-state index contributed by atoms with van der Waals surface area (Å²) in [4.78, 5) is 0. The molecule has 0 atom stereocenters. The molecule has 0 aromatic rings. The van der Waals surface area contributed by atoms with Gasteiger partial charge in [-0.2, -0.15) is 0 Å². The van der Waals surface area contributed by atoms with Gasteiger partial charge < -0.3 is 0 Å². The summed E-state index contributed by atoms with van der Waals surface area (Å²) in [7, 11) is 0. The molecule has 2 heteroatoms. The van der Waals surface area contributed by atoms with E-state index in [1.165, 1.54) is 77.0 Å². The number of unbranched alkanes of at least 4 members (excludes halogenated alkanes) is 10. The Labute approximate surface area is 115 Å². The van der Waals surface area contributed by atoms with Gasteiger partial charge in [0.25, 0.3) is 0 Å². The Hall–Kier alpha value is -0.0800. The van der Waals surface area contributed by atoms with Crippen molar-refractivity contribution in [2.75, 3.05) is 13.1 Å². The summed E-state index contributed by atoms with van der Waals surface area (Å²) < 4.78 is 0. The van der Waals surface area contributed by atoms with Crippen LogP contribution >= 0.6 is 0 Å². The number of nitrogens with zero attached hydrogens (tertiary/aromatic N) is 1. The van der Waals surface area contributed by atoms with Crippen molar-refractivity contribution >= 4 is 0 Å². The van der Waals surface area contributed by atoms with Crippen LogP contribution < -0.4 is 5.84 Å². The highest BCUT2D eigenvalue weighted by atomic mass is 15.4. The summed E-state index contributed by atoms with van der Waals surface area (Å²) in [5, 5.41) is 2.03.